The fraction of sp³-hybridized carbons (Fsp3) is 0.650. The third-order valence-corrected chi connectivity index (χ3v) is 4.97. The van der Waals surface area contributed by atoms with Gasteiger partial charge in [0, 0.05) is 24.7 Å². The summed E-state index contributed by atoms with van der Waals surface area (Å²) < 4.78 is 16.7. The van der Waals surface area contributed by atoms with Gasteiger partial charge in [-0.2, -0.15) is 0 Å². The summed E-state index contributed by atoms with van der Waals surface area (Å²) in [6.45, 7) is 2.50. The first kappa shape index (κ1) is 21.3. The van der Waals surface area contributed by atoms with Gasteiger partial charge < -0.3 is 29.7 Å². The zero-order chi connectivity index (χ0) is 19.8. The number of rotatable bonds is 8. The van der Waals surface area contributed by atoms with Crippen molar-refractivity contribution in [2.75, 3.05) is 54.6 Å². The summed E-state index contributed by atoms with van der Waals surface area (Å²) in [6, 6.07) is 3.84. The number of carbonyl (C=O) groups is 1. The van der Waals surface area contributed by atoms with Crippen molar-refractivity contribution in [3.63, 3.8) is 0 Å². The van der Waals surface area contributed by atoms with Crippen LogP contribution in [0.15, 0.2) is 12.1 Å². The summed E-state index contributed by atoms with van der Waals surface area (Å²) in [5.41, 5.74) is 6.08. The van der Waals surface area contributed by atoms with Gasteiger partial charge in [0.1, 0.15) is 0 Å². The predicted octanol–water partition coefficient (Wildman–Crippen LogP) is 1.99. The van der Waals surface area contributed by atoms with E-state index in [1.807, 2.05) is 4.90 Å². The molecule has 0 radical (unpaired) electrons. The molecular formula is C20H33N3O4. The van der Waals surface area contributed by atoms with Crippen LogP contribution in [0.1, 0.15) is 36.0 Å². The molecule has 1 aromatic carbocycles. The average Bonchev–Trinajstić information content (AvgIpc) is 2.93. The average molecular weight is 380 g/mol. The maximum absolute atomic E-state index is 13.2. The van der Waals surface area contributed by atoms with Crippen LogP contribution in [-0.4, -0.2) is 76.3 Å². The molecular weight excluding hydrogens is 346 g/mol. The lowest BCUT2D eigenvalue weighted by Crippen LogP contribution is -2.41. The Morgan fingerprint density at radius 3 is 2.44 bits per heavy atom. The minimum Gasteiger partial charge on any atom is -0.493 e. The van der Waals surface area contributed by atoms with Crippen LogP contribution in [0.3, 0.4) is 0 Å². The van der Waals surface area contributed by atoms with Gasteiger partial charge in [-0.1, -0.05) is 6.42 Å². The number of hydrogen-bond donors (Lipinski definition) is 1. The summed E-state index contributed by atoms with van der Waals surface area (Å²) >= 11 is 0. The number of nitrogens with two attached hydrogens (primary N) is 1. The third-order valence-electron chi connectivity index (χ3n) is 4.97. The minimum atomic E-state index is -0.00569. The van der Waals surface area contributed by atoms with Gasteiger partial charge >= 0.3 is 0 Å². The van der Waals surface area contributed by atoms with E-state index in [0.29, 0.717) is 42.0 Å². The maximum Gasteiger partial charge on any atom is 0.254 e. The summed E-state index contributed by atoms with van der Waals surface area (Å²) in [4.78, 5) is 17.3. The molecule has 0 spiro atoms. The van der Waals surface area contributed by atoms with Crippen molar-refractivity contribution < 1.29 is 19.0 Å². The van der Waals surface area contributed by atoms with E-state index in [0.717, 1.165) is 38.8 Å². The molecule has 0 saturated carbocycles. The summed E-state index contributed by atoms with van der Waals surface area (Å²) in [5, 5.41) is 0. The second-order valence-electron chi connectivity index (χ2n) is 7.06. The monoisotopic (exact) mass is 379 g/mol. The highest BCUT2D eigenvalue weighted by molar-refractivity contribution is 5.95. The fourth-order valence-corrected chi connectivity index (χ4v) is 3.31. The number of likely N-dealkylation sites (tertiary alicyclic amines) is 1. The molecule has 2 rings (SSSR count). The number of ether oxygens (including phenoxy) is 3. The Hall–Kier alpha value is -1.99. The van der Waals surface area contributed by atoms with Gasteiger partial charge in [-0.25, -0.2) is 0 Å². The second-order valence-corrected chi connectivity index (χ2v) is 7.06. The topological polar surface area (TPSA) is 77.3 Å². The van der Waals surface area contributed by atoms with Gasteiger partial charge in [0.25, 0.3) is 5.91 Å². The van der Waals surface area contributed by atoms with Crippen molar-refractivity contribution in [2.24, 2.45) is 5.73 Å². The van der Waals surface area contributed by atoms with E-state index >= 15 is 0 Å². The molecule has 1 aromatic rings. The molecule has 1 heterocycles. The van der Waals surface area contributed by atoms with E-state index in [1.54, 1.807) is 26.4 Å². The number of likely N-dealkylation sites (N-methyl/N-ethyl adjacent to an activating group) is 1. The third kappa shape index (κ3) is 5.49. The SMILES string of the molecule is COc1cc(C(=O)N2CCCC[C@H](N(C)C)C2)cc(OC)c1OCCCN. The Balaban J connectivity index is 2.26. The Morgan fingerprint density at radius 1 is 1.22 bits per heavy atom. The molecule has 2 N–H and O–H groups in total. The van der Waals surface area contributed by atoms with Crippen molar-refractivity contribution in [1.29, 1.82) is 0 Å². The van der Waals surface area contributed by atoms with Crippen LogP contribution in [0, 0.1) is 0 Å². The van der Waals surface area contributed by atoms with E-state index in [-0.39, 0.29) is 5.91 Å². The lowest BCUT2D eigenvalue weighted by molar-refractivity contribution is 0.0724. The summed E-state index contributed by atoms with van der Waals surface area (Å²) in [6.07, 6.45) is 3.99. The molecule has 0 aliphatic carbocycles. The standard InChI is InChI=1S/C20H33N3O4/c1-22(2)16-8-5-6-10-23(14-16)20(24)15-12-17(25-3)19(18(13-15)26-4)27-11-7-9-21/h12-13,16H,5-11,14,21H2,1-4H3/t16-/m0/s1. The van der Waals surface area contributed by atoms with Crippen LogP contribution in [0.5, 0.6) is 17.2 Å². The molecule has 152 valence electrons. The molecule has 1 amide bonds. The highest BCUT2D eigenvalue weighted by atomic mass is 16.5. The first-order valence-corrected chi connectivity index (χ1v) is 9.56. The van der Waals surface area contributed by atoms with Gasteiger partial charge in [-0.3, -0.25) is 4.79 Å². The van der Waals surface area contributed by atoms with Gasteiger partial charge in [0.05, 0.1) is 20.8 Å². The van der Waals surface area contributed by atoms with Crippen molar-refractivity contribution >= 4 is 5.91 Å². The number of amides is 1. The summed E-state index contributed by atoms with van der Waals surface area (Å²) in [5.74, 6) is 1.49. The molecule has 1 aliphatic heterocycles. The smallest absolute Gasteiger partial charge is 0.254 e. The van der Waals surface area contributed by atoms with Crippen LogP contribution in [-0.2, 0) is 0 Å². The maximum atomic E-state index is 13.2. The predicted molar refractivity (Wildman–Crippen MR) is 106 cm³/mol. The number of nitrogens with zero attached hydrogens (tertiary/aromatic N) is 2. The van der Waals surface area contributed by atoms with Gasteiger partial charge in [0.15, 0.2) is 11.5 Å². The molecule has 0 aromatic heterocycles. The van der Waals surface area contributed by atoms with Crippen molar-refractivity contribution in [3.05, 3.63) is 17.7 Å². The molecule has 1 aliphatic rings. The van der Waals surface area contributed by atoms with Crippen LogP contribution in [0.4, 0.5) is 0 Å². The minimum absolute atomic E-state index is 0.00569. The van der Waals surface area contributed by atoms with Crippen LogP contribution < -0.4 is 19.9 Å². The first-order chi connectivity index (χ1) is 13.0. The van der Waals surface area contributed by atoms with Crippen LogP contribution in [0.25, 0.3) is 0 Å². The van der Waals surface area contributed by atoms with Crippen molar-refractivity contribution in [3.8, 4) is 17.2 Å². The fourth-order valence-electron chi connectivity index (χ4n) is 3.31. The number of hydrogen-bond acceptors (Lipinski definition) is 6. The molecule has 7 nitrogen and oxygen atoms in total. The van der Waals surface area contributed by atoms with E-state index in [1.165, 1.54) is 0 Å². The lowest BCUT2D eigenvalue weighted by Gasteiger charge is -2.29. The highest BCUT2D eigenvalue weighted by Crippen LogP contribution is 2.39. The zero-order valence-corrected chi connectivity index (χ0v) is 17.0. The van der Waals surface area contributed by atoms with E-state index in [4.69, 9.17) is 19.9 Å². The van der Waals surface area contributed by atoms with E-state index in [2.05, 4.69) is 19.0 Å². The van der Waals surface area contributed by atoms with Gasteiger partial charge in [-0.05, 0) is 52.0 Å². The summed E-state index contributed by atoms with van der Waals surface area (Å²) in [7, 11) is 7.26. The lowest BCUT2D eigenvalue weighted by atomic mass is 10.1. The molecule has 0 unspecified atom stereocenters. The van der Waals surface area contributed by atoms with Crippen molar-refractivity contribution in [1.82, 2.24) is 9.80 Å². The normalized spacial score (nSPS) is 17.6. The number of methoxy groups -OCH3 is 2. The zero-order valence-electron chi connectivity index (χ0n) is 17.0. The van der Waals surface area contributed by atoms with E-state index < -0.39 is 0 Å². The molecule has 27 heavy (non-hydrogen) atoms. The van der Waals surface area contributed by atoms with Gasteiger partial charge in [0.2, 0.25) is 5.75 Å². The Morgan fingerprint density at radius 2 is 1.89 bits per heavy atom. The van der Waals surface area contributed by atoms with Crippen LogP contribution >= 0.6 is 0 Å². The Bertz CT molecular complexity index is 596. The highest BCUT2D eigenvalue weighted by Gasteiger charge is 2.26. The first-order valence-electron chi connectivity index (χ1n) is 9.56. The van der Waals surface area contributed by atoms with Crippen LogP contribution in [0.2, 0.25) is 0 Å². The molecule has 1 atom stereocenters. The number of benzene rings is 1. The molecule has 0 bridgehead atoms. The molecule has 1 saturated heterocycles. The quantitative estimate of drug-likeness (QED) is 0.696. The van der Waals surface area contributed by atoms with E-state index in [9.17, 15) is 4.79 Å². The Labute approximate surface area is 162 Å². The van der Waals surface area contributed by atoms with Crippen molar-refractivity contribution in [2.45, 2.75) is 31.7 Å². The molecule has 7 heteroatoms. The largest absolute Gasteiger partial charge is 0.493 e. The molecule has 1 fully saturated rings. The second kappa shape index (κ2) is 10.4. The Kier molecular flexibility index (Phi) is 8.19. The number of carbonyl (C=O) groups excluding carboxylic acids is 1. The van der Waals surface area contributed by atoms with Gasteiger partial charge in [-0.15, -0.1) is 0 Å².